The molecule has 0 saturated carbocycles. The minimum atomic E-state index is -2.82. The van der Waals surface area contributed by atoms with Gasteiger partial charge in [-0.1, -0.05) is 55.8 Å². The third-order valence-electron chi connectivity index (χ3n) is 5.64. The van der Waals surface area contributed by atoms with Crippen molar-refractivity contribution in [2.24, 2.45) is 0 Å². The molecule has 0 saturated heterocycles. The van der Waals surface area contributed by atoms with Crippen LogP contribution in [0, 0.1) is 20.8 Å². The fourth-order valence-electron chi connectivity index (χ4n) is 4.02. The minimum Gasteiger partial charge on any atom is -0.508 e. The molecule has 164 valence electrons. The molecule has 0 aromatic heterocycles. The highest BCUT2D eigenvalue weighted by Gasteiger charge is 2.20. The number of phenolic OH excluding ortho intramolecular Hbond substituents is 1. The lowest BCUT2D eigenvalue weighted by Gasteiger charge is -2.18. The zero-order chi connectivity index (χ0) is 22.8. The van der Waals surface area contributed by atoms with E-state index in [-0.39, 0.29) is 5.92 Å². The van der Waals surface area contributed by atoms with Crippen molar-refractivity contribution in [2.75, 3.05) is 6.66 Å². The van der Waals surface area contributed by atoms with Gasteiger partial charge >= 0.3 is 0 Å². The Kier molecular flexibility index (Phi) is 6.96. The molecule has 0 heterocycles. The highest BCUT2D eigenvalue weighted by molar-refractivity contribution is 7.57. The number of benzene rings is 3. The van der Waals surface area contributed by atoms with Crippen molar-refractivity contribution in [3.63, 3.8) is 0 Å². The third-order valence-corrected chi connectivity index (χ3v) is 7.18. The maximum atomic E-state index is 13.1. The van der Waals surface area contributed by atoms with Gasteiger partial charge in [-0.3, -0.25) is 4.57 Å². The standard InChI is InChI=1S/C27H33O3P/c1-18(2)25-15-22(9-12-27(25)28)16-26-20(4)13-23(14-21(26)5)17-31(6,29)30-24-10-7-19(3)8-11-24/h7-15,18,28H,16-17H2,1-6H3. The molecule has 0 radical (unpaired) electrons. The van der Waals surface area contributed by atoms with Gasteiger partial charge in [0.1, 0.15) is 11.5 Å². The summed E-state index contributed by atoms with van der Waals surface area (Å²) in [5, 5.41) is 10.1. The molecule has 0 fully saturated rings. The number of rotatable bonds is 7. The topological polar surface area (TPSA) is 46.5 Å². The molecule has 3 rings (SSSR count). The van der Waals surface area contributed by atoms with E-state index in [0.717, 1.165) is 23.1 Å². The number of aromatic hydroxyl groups is 1. The number of hydrogen-bond donors (Lipinski definition) is 1. The number of hydrogen-bond acceptors (Lipinski definition) is 3. The summed E-state index contributed by atoms with van der Waals surface area (Å²) in [5.74, 6) is 1.28. The lowest BCUT2D eigenvalue weighted by molar-refractivity contribution is 0.464. The normalized spacial score (nSPS) is 13.3. The second-order valence-corrected chi connectivity index (χ2v) is 11.5. The highest BCUT2D eigenvalue weighted by atomic mass is 31.2. The number of phenols is 1. The summed E-state index contributed by atoms with van der Waals surface area (Å²) < 4.78 is 19.0. The van der Waals surface area contributed by atoms with E-state index in [1.54, 1.807) is 12.7 Å². The Balaban J connectivity index is 1.79. The first kappa shape index (κ1) is 23.2. The Hall–Kier alpha value is -2.51. The Morgan fingerprint density at radius 3 is 2.10 bits per heavy atom. The first-order valence-electron chi connectivity index (χ1n) is 10.8. The monoisotopic (exact) mass is 436 g/mol. The molecular weight excluding hydrogens is 403 g/mol. The molecule has 3 aromatic carbocycles. The zero-order valence-electron chi connectivity index (χ0n) is 19.4. The average molecular weight is 437 g/mol. The van der Waals surface area contributed by atoms with E-state index >= 15 is 0 Å². The van der Waals surface area contributed by atoms with Gasteiger partial charge < -0.3 is 9.63 Å². The van der Waals surface area contributed by atoms with E-state index in [0.29, 0.717) is 17.7 Å². The average Bonchev–Trinajstić information content (AvgIpc) is 2.67. The van der Waals surface area contributed by atoms with Gasteiger partial charge in [0.2, 0.25) is 7.37 Å². The Morgan fingerprint density at radius 1 is 0.903 bits per heavy atom. The van der Waals surface area contributed by atoms with Crippen LogP contribution in [0.25, 0.3) is 0 Å². The van der Waals surface area contributed by atoms with E-state index in [4.69, 9.17) is 4.52 Å². The van der Waals surface area contributed by atoms with E-state index in [2.05, 4.69) is 45.9 Å². The Labute approximate surface area is 186 Å². The van der Waals surface area contributed by atoms with Crippen molar-refractivity contribution in [3.05, 3.63) is 93.5 Å². The highest BCUT2D eigenvalue weighted by Crippen LogP contribution is 2.47. The lowest BCUT2D eigenvalue weighted by Crippen LogP contribution is -2.01. The van der Waals surface area contributed by atoms with Crippen LogP contribution in [0.1, 0.15) is 58.7 Å². The first-order chi connectivity index (χ1) is 14.5. The summed E-state index contributed by atoms with van der Waals surface area (Å²) in [6.07, 6.45) is 1.21. The summed E-state index contributed by atoms with van der Waals surface area (Å²) >= 11 is 0. The van der Waals surface area contributed by atoms with Crippen molar-refractivity contribution in [1.82, 2.24) is 0 Å². The van der Waals surface area contributed by atoms with Gasteiger partial charge in [0.15, 0.2) is 0 Å². The zero-order valence-corrected chi connectivity index (χ0v) is 20.3. The molecule has 4 heteroatoms. The molecular formula is C27H33O3P. The maximum absolute atomic E-state index is 13.1. The van der Waals surface area contributed by atoms with Gasteiger partial charge in [-0.2, -0.15) is 0 Å². The van der Waals surface area contributed by atoms with Crippen molar-refractivity contribution >= 4 is 7.37 Å². The molecule has 0 bridgehead atoms. The minimum absolute atomic E-state index is 0.275. The van der Waals surface area contributed by atoms with Crippen LogP contribution < -0.4 is 4.52 Å². The van der Waals surface area contributed by atoms with Gasteiger partial charge in [-0.05, 0) is 84.7 Å². The molecule has 3 aromatic rings. The summed E-state index contributed by atoms with van der Waals surface area (Å²) in [6, 6.07) is 17.8. The smallest absolute Gasteiger partial charge is 0.249 e. The summed E-state index contributed by atoms with van der Waals surface area (Å²) in [7, 11) is -2.82. The molecule has 0 aliphatic heterocycles. The van der Waals surface area contributed by atoms with E-state index < -0.39 is 7.37 Å². The molecule has 0 amide bonds. The third kappa shape index (κ3) is 6.02. The van der Waals surface area contributed by atoms with E-state index in [1.807, 2.05) is 37.3 Å². The molecule has 1 atom stereocenters. The molecule has 1 unspecified atom stereocenters. The van der Waals surface area contributed by atoms with Crippen LogP contribution in [0.4, 0.5) is 0 Å². The fraction of sp³-hybridized carbons (Fsp3) is 0.333. The van der Waals surface area contributed by atoms with Crippen molar-refractivity contribution in [2.45, 2.75) is 53.1 Å². The van der Waals surface area contributed by atoms with E-state index in [9.17, 15) is 9.67 Å². The second kappa shape index (κ2) is 9.32. The van der Waals surface area contributed by atoms with Crippen LogP contribution in [-0.4, -0.2) is 11.8 Å². The molecule has 0 aliphatic carbocycles. The number of aryl methyl sites for hydroxylation is 3. The molecule has 31 heavy (non-hydrogen) atoms. The van der Waals surface area contributed by atoms with Crippen LogP contribution in [0.2, 0.25) is 0 Å². The van der Waals surface area contributed by atoms with Gasteiger partial charge in [-0.25, -0.2) is 0 Å². The SMILES string of the molecule is Cc1ccc(OP(C)(=O)Cc2cc(C)c(Cc3ccc(O)c(C(C)C)c3)c(C)c2)cc1. The Bertz CT molecular complexity index is 1090. The largest absolute Gasteiger partial charge is 0.508 e. The van der Waals surface area contributed by atoms with Gasteiger partial charge in [0, 0.05) is 6.66 Å². The predicted molar refractivity (Wildman–Crippen MR) is 130 cm³/mol. The molecule has 0 aliphatic rings. The van der Waals surface area contributed by atoms with Crippen molar-refractivity contribution in [1.29, 1.82) is 0 Å². The molecule has 3 nitrogen and oxygen atoms in total. The van der Waals surface area contributed by atoms with Gasteiger partial charge in [0.25, 0.3) is 0 Å². The Morgan fingerprint density at radius 2 is 1.52 bits per heavy atom. The van der Waals surface area contributed by atoms with Crippen LogP contribution in [0.3, 0.4) is 0 Å². The van der Waals surface area contributed by atoms with Crippen LogP contribution in [0.15, 0.2) is 54.6 Å². The fourth-order valence-corrected chi connectivity index (χ4v) is 5.50. The van der Waals surface area contributed by atoms with Crippen molar-refractivity contribution < 1.29 is 14.2 Å². The van der Waals surface area contributed by atoms with Gasteiger partial charge in [-0.15, -0.1) is 0 Å². The lowest BCUT2D eigenvalue weighted by atomic mass is 9.92. The molecule has 1 N–H and O–H groups in total. The van der Waals surface area contributed by atoms with Crippen LogP contribution in [-0.2, 0) is 17.1 Å². The van der Waals surface area contributed by atoms with E-state index in [1.165, 1.54) is 22.3 Å². The van der Waals surface area contributed by atoms with Crippen molar-refractivity contribution in [3.8, 4) is 11.5 Å². The second-order valence-electron chi connectivity index (χ2n) is 9.01. The summed E-state index contributed by atoms with van der Waals surface area (Å²) in [4.78, 5) is 0. The van der Waals surface area contributed by atoms with Gasteiger partial charge in [0.05, 0.1) is 6.16 Å². The summed E-state index contributed by atoms with van der Waals surface area (Å²) in [5.41, 5.74) is 7.98. The first-order valence-corrected chi connectivity index (χ1v) is 13.0. The predicted octanol–water partition coefficient (Wildman–Crippen LogP) is 7.52. The summed E-state index contributed by atoms with van der Waals surface area (Å²) in [6.45, 7) is 12.1. The van der Waals surface area contributed by atoms with Crippen LogP contribution in [0.5, 0.6) is 11.5 Å². The molecule has 0 spiro atoms. The van der Waals surface area contributed by atoms with Crippen LogP contribution >= 0.6 is 7.37 Å². The maximum Gasteiger partial charge on any atom is 0.249 e. The quantitative estimate of drug-likeness (QED) is 0.390.